The van der Waals surface area contributed by atoms with Crippen molar-refractivity contribution >= 4 is 11.8 Å². The highest BCUT2D eigenvalue weighted by Crippen LogP contribution is 2.31. The third kappa shape index (κ3) is 7.10. The summed E-state index contributed by atoms with van der Waals surface area (Å²) in [5.74, 6) is -0.826. The zero-order valence-electron chi connectivity index (χ0n) is 17.9. The molecule has 2 N–H and O–H groups in total. The lowest BCUT2D eigenvalue weighted by molar-refractivity contribution is -0.274. The van der Waals surface area contributed by atoms with Crippen molar-refractivity contribution in [3.63, 3.8) is 0 Å². The Morgan fingerprint density at radius 1 is 1.18 bits per heavy atom. The van der Waals surface area contributed by atoms with Gasteiger partial charge in [-0.2, -0.15) is 0 Å². The van der Waals surface area contributed by atoms with Crippen molar-refractivity contribution in [3.05, 3.63) is 59.4 Å². The van der Waals surface area contributed by atoms with Crippen molar-refractivity contribution in [2.24, 2.45) is 0 Å². The van der Waals surface area contributed by atoms with Crippen molar-refractivity contribution < 1.29 is 36.6 Å². The first kappa shape index (κ1) is 24.3. The highest BCUT2D eigenvalue weighted by Gasteiger charge is 2.38. The Labute approximate surface area is 188 Å². The molecular weight excluding hydrogens is 444 g/mol. The molecule has 1 aliphatic heterocycles. The standard InChI is InChI=1S/C23H24F4N2O4/c1-32-17-5-6-19(24)16(12-17)13-22(10-8-21(31)29-22)9-7-20(30)28-14-15-3-2-4-18(11-15)33-23(25,26)27/h2-6,11-12H,7-10,13-14H2,1H3,(H,28,30)(H,29,31)/t22-/m1/s1. The minimum Gasteiger partial charge on any atom is -0.497 e. The van der Waals surface area contributed by atoms with Gasteiger partial charge in [0.1, 0.15) is 17.3 Å². The Balaban J connectivity index is 1.60. The van der Waals surface area contributed by atoms with Gasteiger partial charge < -0.3 is 20.1 Å². The largest absolute Gasteiger partial charge is 0.573 e. The number of methoxy groups -OCH3 is 1. The topological polar surface area (TPSA) is 76.7 Å². The molecule has 0 aromatic heterocycles. The average Bonchev–Trinajstić information content (AvgIpc) is 3.12. The van der Waals surface area contributed by atoms with Gasteiger partial charge in [0, 0.05) is 24.9 Å². The minimum absolute atomic E-state index is 0.0117. The summed E-state index contributed by atoms with van der Waals surface area (Å²) in [5, 5.41) is 5.54. The van der Waals surface area contributed by atoms with Gasteiger partial charge in [0.2, 0.25) is 11.8 Å². The van der Waals surface area contributed by atoms with Crippen molar-refractivity contribution in [1.82, 2.24) is 10.6 Å². The van der Waals surface area contributed by atoms with E-state index in [0.717, 1.165) is 0 Å². The van der Waals surface area contributed by atoms with E-state index in [1.807, 2.05) is 0 Å². The normalized spacial score (nSPS) is 18.0. The average molecular weight is 468 g/mol. The van der Waals surface area contributed by atoms with Gasteiger partial charge in [0.15, 0.2) is 0 Å². The predicted molar refractivity (Wildman–Crippen MR) is 111 cm³/mol. The molecule has 2 aromatic carbocycles. The van der Waals surface area contributed by atoms with E-state index in [1.165, 1.54) is 37.4 Å². The lowest BCUT2D eigenvalue weighted by Crippen LogP contribution is -2.44. The van der Waals surface area contributed by atoms with Crippen LogP contribution in [0, 0.1) is 5.82 Å². The lowest BCUT2D eigenvalue weighted by atomic mass is 9.84. The van der Waals surface area contributed by atoms with E-state index in [9.17, 15) is 27.2 Å². The molecule has 2 amide bonds. The van der Waals surface area contributed by atoms with Gasteiger partial charge in [-0.05, 0) is 60.7 Å². The first-order valence-electron chi connectivity index (χ1n) is 10.3. The monoisotopic (exact) mass is 468 g/mol. The van der Waals surface area contributed by atoms with E-state index >= 15 is 0 Å². The third-order valence-corrected chi connectivity index (χ3v) is 5.47. The summed E-state index contributed by atoms with van der Waals surface area (Å²) in [6, 6.07) is 9.68. The van der Waals surface area contributed by atoms with Gasteiger partial charge in [-0.1, -0.05) is 12.1 Å². The molecule has 0 aliphatic carbocycles. The number of ether oxygens (including phenoxy) is 2. The van der Waals surface area contributed by atoms with Gasteiger partial charge in [0.05, 0.1) is 7.11 Å². The summed E-state index contributed by atoms with van der Waals surface area (Å²) < 4.78 is 60.5. The number of amides is 2. The quantitative estimate of drug-likeness (QED) is 0.545. The van der Waals surface area contributed by atoms with Crippen LogP contribution in [-0.2, 0) is 22.6 Å². The molecular formula is C23H24F4N2O4. The number of nitrogens with one attached hydrogen (secondary N) is 2. The fourth-order valence-electron chi connectivity index (χ4n) is 3.85. The van der Waals surface area contributed by atoms with Crippen molar-refractivity contribution in [3.8, 4) is 11.5 Å². The summed E-state index contributed by atoms with van der Waals surface area (Å²) in [6.07, 6.45) is -3.55. The number of hydrogen-bond donors (Lipinski definition) is 2. The van der Waals surface area contributed by atoms with Crippen LogP contribution in [0.4, 0.5) is 17.6 Å². The Hall–Kier alpha value is -3.30. The molecule has 1 saturated heterocycles. The molecule has 2 aromatic rings. The Kier molecular flexibility index (Phi) is 7.45. The SMILES string of the molecule is COc1ccc(F)c(C[C@@]2(CCC(=O)NCc3cccc(OC(F)(F)F)c3)CCC(=O)N2)c1. The summed E-state index contributed by atoms with van der Waals surface area (Å²) in [5.41, 5.74) is 0.0353. The van der Waals surface area contributed by atoms with E-state index in [-0.39, 0.29) is 49.8 Å². The number of carbonyl (C=O) groups is 2. The molecule has 1 aliphatic rings. The van der Waals surface area contributed by atoms with Crippen LogP contribution in [0.25, 0.3) is 0 Å². The Morgan fingerprint density at radius 3 is 2.64 bits per heavy atom. The molecule has 3 rings (SSSR count). The number of halogens is 4. The zero-order valence-corrected chi connectivity index (χ0v) is 17.9. The van der Waals surface area contributed by atoms with Crippen LogP contribution < -0.4 is 20.1 Å². The van der Waals surface area contributed by atoms with Crippen LogP contribution in [0.3, 0.4) is 0 Å². The zero-order chi connectivity index (χ0) is 24.1. The van der Waals surface area contributed by atoms with E-state index in [0.29, 0.717) is 23.3 Å². The van der Waals surface area contributed by atoms with Gasteiger partial charge >= 0.3 is 6.36 Å². The molecule has 1 atom stereocenters. The summed E-state index contributed by atoms with van der Waals surface area (Å²) in [7, 11) is 1.47. The Bertz CT molecular complexity index is 1010. The van der Waals surface area contributed by atoms with Gasteiger partial charge in [-0.25, -0.2) is 4.39 Å². The summed E-state index contributed by atoms with van der Waals surface area (Å²) in [4.78, 5) is 24.3. The van der Waals surface area contributed by atoms with E-state index in [4.69, 9.17) is 4.74 Å². The maximum absolute atomic E-state index is 14.3. The second-order valence-electron chi connectivity index (χ2n) is 7.93. The molecule has 10 heteroatoms. The number of rotatable bonds is 9. The molecule has 6 nitrogen and oxygen atoms in total. The van der Waals surface area contributed by atoms with E-state index in [2.05, 4.69) is 15.4 Å². The van der Waals surface area contributed by atoms with Gasteiger partial charge in [0.25, 0.3) is 0 Å². The van der Waals surface area contributed by atoms with Crippen molar-refractivity contribution in [1.29, 1.82) is 0 Å². The molecule has 0 unspecified atom stereocenters. The molecule has 0 radical (unpaired) electrons. The van der Waals surface area contributed by atoms with Crippen LogP contribution in [0.2, 0.25) is 0 Å². The first-order valence-corrected chi connectivity index (χ1v) is 10.3. The van der Waals surface area contributed by atoms with Crippen LogP contribution in [-0.4, -0.2) is 30.8 Å². The molecule has 0 bridgehead atoms. The molecule has 1 heterocycles. The van der Waals surface area contributed by atoms with Crippen LogP contribution >= 0.6 is 0 Å². The highest BCUT2D eigenvalue weighted by atomic mass is 19.4. The molecule has 178 valence electrons. The molecule has 0 saturated carbocycles. The van der Waals surface area contributed by atoms with Crippen molar-refractivity contribution in [2.45, 2.75) is 50.6 Å². The first-order chi connectivity index (χ1) is 15.6. The van der Waals surface area contributed by atoms with Gasteiger partial charge in [-0.3, -0.25) is 9.59 Å². The van der Waals surface area contributed by atoms with E-state index < -0.39 is 17.7 Å². The maximum Gasteiger partial charge on any atom is 0.573 e. The fraction of sp³-hybridized carbons (Fsp3) is 0.391. The summed E-state index contributed by atoms with van der Waals surface area (Å²) >= 11 is 0. The molecule has 0 spiro atoms. The van der Waals surface area contributed by atoms with Crippen LogP contribution in [0.5, 0.6) is 11.5 Å². The summed E-state index contributed by atoms with van der Waals surface area (Å²) in [6.45, 7) is 0.0117. The smallest absolute Gasteiger partial charge is 0.497 e. The third-order valence-electron chi connectivity index (χ3n) is 5.47. The van der Waals surface area contributed by atoms with Gasteiger partial charge in [-0.15, -0.1) is 13.2 Å². The predicted octanol–water partition coefficient (Wildman–Crippen LogP) is 4.02. The van der Waals surface area contributed by atoms with Crippen molar-refractivity contribution in [2.75, 3.05) is 7.11 Å². The minimum atomic E-state index is -4.80. The van der Waals surface area contributed by atoms with E-state index in [1.54, 1.807) is 12.1 Å². The molecule has 33 heavy (non-hydrogen) atoms. The number of hydrogen-bond acceptors (Lipinski definition) is 4. The second kappa shape index (κ2) is 10.1. The number of alkyl halides is 3. The highest BCUT2D eigenvalue weighted by molar-refractivity contribution is 5.80. The van der Waals surface area contributed by atoms with Crippen LogP contribution in [0.1, 0.15) is 36.8 Å². The Morgan fingerprint density at radius 2 is 1.97 bits per heavy atom. The number of benzene rings is 2. The maximum atomic E-state index is 14.3. The number of carbonyl (C=O) groups excluding carboxylic acids is 2. The lowest BCUT2D eigenvalue weighted by Gasteiger charge is -2.29. The van der Waals surface area contributed by atoms with Crippen LogP contribution in [0.15, 0.2) is 42.5 Å². The second-order valence-corrected chi connectivity index (χ2v) is 7.93. The fourth-order valence-corrected chi connectivity index (χ4v) is 3.85. The molecule has 1 fully saturated rings.